The molecule has 0 heterocycles. The molecule has 1 aromatic rings. The van der Waals surface area contributed by atoms with E-state index in [1.807, 2.05) is 0 Å². The van der Waals surface area contributed by atoms with E-state index in [0.717, 1.165) is 0 Å². The number of anilines is 1. The van der Waals surface area contributed by atoms with Crippen LogP contribution in [0.5, 0.6) is 0 Å². The number of nitrogens with one attached hydrogen (secondary N) is 1. The van der Waals surface area contributed by atoms with Crippen molar-refractivity contribution in [2.45, 2.75) is 6.92 Å². The van der Waals surface area contributed by atoms with Crippen LogP contribution in [0.2, 0.25) is 10.0 Å². The molecule has 1 aromatic carbocycles. The average Bonchev–Trinajstić information content (AvgIpc) is 2.13. The van der Waals surface area contributed by atoms with Crippen LogP contribution in [0.3, 0.4) is 0 Å². The van der Waals surface area contributed by atoms with Crippen LogP contribution < -0.4 is 5.32 Å². The van der Waals surface area contributed by atoms with E-state index in [-0.39, 0.29) is 5.91 Å². The Balaban J connectivity index is 2.87. The van der Waals surface area contributed by atoms with E-state index in [0.29, 0.717) is 15.7 Å². The first kappa shape index (κ1) is 11.1. The Morgan fingerprint density at radius 1 is 1.43 bits per heavy atom. The van der Waals surface area contributed by atoms with Crippen molar-refractivity contribution < 1.29 is 4.79 Å². The van der Waals surface area contributed by atoms with Gasteiger partial charge in [-0.1, -0.05) is 35.3 Å². The standard InChI is InChI=1S/C10H9Cl2NO/c1-2-4-9(14)13-8-6-3-5-7(11)10(8)12/h2-6H,1H3,(H,13,14). The fourth-order valence-corrected chi connectivity index (χ4v) is 1.27. The van der Waals surface area contributed by atoms with Gasteiger partial charge in [0, 0.05) is 0 Å². The fourth-order valence-electron chi connectivity index (χ4n) is 0.926. The molecule has 1 N–H and O–H groups in total. The minimum atomic E-state index is -0.225. The smallest absolute Gasteiger partial charge is 0.248 e. The van der Waals surface area contributed by atoms with Crippen molar-refractivity contribution in [3.63, 3.8) is 0 Å². The van der Waals surface area contributed by atoms with Gasteiger partial charge < -0.3 is 5.32 Å². The summed E-state index contributed by atoms with van der Waals surface area (Å²) in [5, 5.41) is 3.38. The SMILES string of the molecule is CC=CC(=O)Nc1cccc(Cl)c1Cl. The van der Waals surface area contributed by atoms with Gasteiger partial charge in [-0.25, -0.2) is 0 Å². The molecule has 14 heavy (non-hydrogen) atoms. The van der Waals surface area contributed by atoms with Gasteiger partial charge in [0.25, 0.3) is 0 Å². The minimum absolute atomic E-state index is 0.225. The Bertz CT molecular complexity index is 374. The van der Waals surface area contributed by atoms with Crippen LogP contribution in [0.4, 0.5) is 5.69 Å². The summed E-state index contributed by atoms with van der Waals surface area (Å²) in [6.07, 6.45) is 3.06. The third kappa shape index (κ3) is 2.76. The Morgan fingerprint density at radius 3 is 2.79 bits per heavy atom. The predicted octanol–water partition coefficient (Wildman–Crippen LogP) is 3.51. The number of allylic oxidation sites excluding steroid dienone is 1. The minimum Gasteiger partial charge on any atom is -0.321 e. The first-order chi connectivity index (χ1) is 6.65. The second kappa shape index (κ2) is 5.03. The topological polar surface area (TPSA) is 29.1 Å². The number of benzene rings is 1. The number of amides is 1. The fraction of sp³-hybridized carbons (Fsp3) is 0.100. The average molecular weight is 230 g/mol. The highest BCUT2D eigenvalue weighted by molar-refractivity contribution is 6.44. The first-order valence-electron chi connectivity index (χ1n) is 4.03. The molecular weight excluding hydrogens is 221 g/mol. The van der Waals surface area contributed by atoms with Gasteiger partial charge in [0.2, 0.25) is 5.91 Å². The lowest BCUT2D eigenvalue weighted by atomic mass is 10.3. The van der Waals surface area contributed by atoms with Crippen molar-refractivity contribution in [1.29, 1.82) is 0 Å². The number of carbonyl (C=O) groups is 1. The van der Waals surface area contributed by atoms with Crippen LogP contribution in [0.25, 0.3) is 0 Å². The molecule has 0 saturated heterocycles. The number of rotatable bonds is 2. The van der Waals surface area contributed by atoms with E-state index < -0.39 is 0 Å². The lowest BCUT2D eigenvalue weighted by Gasteiger charge is -2.05. The Hall–Kier alpha value is -0.990. The second-order valence-electron chi connectivity index (χ2n) is 2.59. The molecule has 0 fully saturated rings. The van der Waals surface area contributed by atoms with Crippen molar-refractivity contribution >= 4 is 34.8 Å². The third-order valence-electron chi connectivity index (χ3n) is 1.53. The first-order valence-corrected chi connectivity index (χ1v) is 4.78. The van der Waals surface area contributed by atoms with E-state index >= 15 is 0 Å². The summed E-state index contributed by atoms with van der Waals surface area (Å²) in [5.41, 5.74) is 0.516. The largest absolute Gasteiger partial charge is 0.321 e. The molecule has 2 nitrogen and oxygen atoms in total. The maximum absolute atomic E-state index is 11.2. The Labute approximate surface area is 92.5 Å². The number of halogens is 2. The highest BCUT2D eigenvalue weighted by atomic mass is 35.5. The summed E-state index contributed by atoms with van der Waals surface area (Å²) in [7, 11) is 0. The van der Waals surface area contributed by atoms with Gasteiger partial charge in [0.15, 0.2) is 0 Å². The molecule has 74 valence electrons. The normalized spacial score (nSPS) is 10.5. The van der Waals surface area contributed by atoms with E-state index in [2.05, 4.69) is 5.32 Å². The zero-order valence-corrected chi connectivity index (χ0v) is 9.06. The monoisotopic (exact) mass is 229 g/mol. The second-order valence-corrected chi connectivity index (χ2v) is 3.38. The molecule has 0 atom stereocenters. The zero-order chi connectivity index (χ0) is 10.6. The summed E-state index contributed by atoms with van der Waals surface area (Å²) >= 11 is 11.6. The molecule has 0 spiro atoms. The van der Waals surface area contributed by atoms with Gasteiger partial charge in [-0.15, -0.1) is 0 Å². The van der Waals surface area contributed by atoms with Gasteiger partial charge in [-0.3, -0.25) is 4.79 Å². The van der Waals surface area contributed by atoms with Crippen LogP contribution >= 0.6 is 23.2 Å². The molecule has 1 amide bonds. The molecule has 0 aromatic heterocycles. The lowest BCUT2D eigenvalue weighted by Crippen LogP contribution is -2.07. The molecule has 1 rings (SSSR count). The highest BCUT2D eigenvalue weighted by Crippen LogP contribution is 2.29. The van der Waals surface area contributed by atoms with Crippen LogP contribution in [-0.2, 0) is 4.79 Å². The molecule has 0 aliphatic carbocycles. The third-order valence-corrected chi connectivity index (χ3v) is 2.35. The summed E-state index contributed by atoms with van der Waals surface area (Å²) in [6.45, 7) is 1.76. The Morgan fingerprint density at radius 2 is 2.14 bits per heavy atom. The van der Waals surface area contributed by atoms with Gasteiger partial charge >= 0.3 is 0 Å². The van der Waals surface area contributed by atoms with Crippen LogP contribution in [0.15, 0.2) is 30.4 Å². The van der Waals surface area contributed by atoms with Gasteiger partial charge in [0.1, 0.15) is 0 Å². The molecule has 0 aliphatic heterocycles. The van der Waals surface area contributed by atoms with Crippen molar-refractivity contribution in [3.8, 4) is 0 Å². The van der Waals surface area contributed by atoms with Gasteiger partial charge in [-0.2, -0.15) is 0 Å². The van der Waals surface area contributed by atoms with E-state index in [1.54, 1.807) is 31.2 Å². The molecule has 0 bridgehead atoms. The number of hydrogen-bond donors (Lipinski definition) is 1. The predicted molar refractivity (Wildman–Crippen MR) is 59.9 cm³/mol. The summed E-state index contributed by atoms with van der Waals surface area (Å²) in [6, 6.07) is 5.07. The Kier molecular flexibility index (Phi) is 3.98. The lowest BCUT2D eigenvalue weighted by molar-refractivity contribution is -0.111. The van der Waals surface area contributed by atoms with Crippen molar-refractivity contribution in [2.75, 3.05) is 5.32 Å². The van der Waals surface area contributed by atoms with Crippen molar-refractivity contribution in [1.82, 2.24) is 0 Å². The van der Waals surface area contributed by atoms with Gasteiger partial charge in [-0.05, 0) is 25.1 Å². The van der Waals surface area contributed by atoms with Crippen molar-refractivity contribution in [2.24, 2.45) is 0 Å². The van der Waals surface area contributed by atoms with E-state index in [9.17, 15) is 4.79 Å². The van der Waals surface area contributed by atoms with Crippen LogP contribution in [-0.4, -0.2) is 5.91 Å². The van der Waals surface area contributed by atoms with E-state index in [1.165, 1.54) is 6.08 Å². The van der Waals surface area contributed by atoms with E-state index in [4.69, 9.17) is 23.2 Å². The zero-order valence-electron chi connectivity index (χ0n) is 7.55. The summed E-state index contributed by atoms with van der Waals surface area (Å²) < 4.78 is 0. The molecule has 4 heteroatoms. The highest BCUT2D eigenvalue weighted by Gasteiger charge is 2.05. The van der Waals surface area contributed by atoms with Gasteiger partial charge in [0.05, 0.1) is 15.7 Å². The van der Waals surface area contributed by atoms with Crippen LogP contribution in [0.1, 0.15) is 6.92 Å². The molecular formula is C10H9Cl2NO. The number of carbonyl (C=O) groups excluding carboxylic acids is 1. The number of hydrogen-bond acceptors (Lipinski definition) is 1. The molecule has 0 radical (unpaired) electrons. The summed E-state index contributed by atoms with van der Waals surface area (Å²) in [4.78, 5) is 11.2. The van der Waals surface area contributed by atoms with Crippen molar-refractivity contribution in [3.05, 3.63) is 40.4 Å². The molecule has 0 aliphatic rings. The maximum Gasteiger partial charge on any atom is 0.248 e. The quantitative estimate of drug-likeness (QED) is 0.774. The summed E-state index contributed by atoms with van der Waals surface area (Å²) in [5.74, 6) is -0.225. The molecule has 0 saturated carbocycles. The van der Waals surface area contributed by atoms with Crippen LogP contribution in [0, 0.1) is 0 Å². The molecule has 0 unspecified atom stereocenters. The maximum atomic E-state index is 11.2.